The third-order valence-corrected chi connectivity index (χ3v) is 3.57. The molecule has 0 aliphatic heterocycles. The molecule has 0 aliphatic rings. The summed E-state index contributed by atoms with van der Waals surface area (Å²) in [5.74, 6) is 1.27. The Labute approximate surface area is 128 Å². The molecule has 114 valence electrons. The average Bonchev–Trinajstić information content (AvgIpc) is 2.93. The highest BCUT2D eigenvalue weighted by Crippen LogP contribution is 2.23. The minimum absolute atomic E-state index is 0.484. The standard InChI is InChI=1S/C16H18N4O2/c1-11-19-14-15(17-10-18-16(14)22-11)20(2)9-8-13(21)12-6-4-3-5-7-12/h3-7,10,13,21H,8-9H2,1-2H3/t13-/m0/s1. The van der Waals surface area contributed by atoms with Crippen LogP contribution in [-0.2, 0) is 0 Å². The minimum Gasteiger partial charge on any atom is -0.422 e. The van der Waals surface area contributed by atoms with Gasteiger partial charge in [-0.15, -0.1) is 0 Å². The first-order valence-corrected chi connectivity index (χ1v) is 7.17. The van der Waals surface area contributed by atoms with E-state index in [1.54, 1.807) is 6.92 Å². The highest BCUT2D eigenvalue weighted by atomic mass is 16.4. The molecule has 1 aromatic carbocycles. The zero-order chi connectivity index (χ0) is 15.5. The SMILES string of the molecule is Cc1nc2c(N(C)CC[C@H](O)c3ccccc3)ncnc2o1. The van der Waals surface area contributed by atoms with Crippen LogP contribution >= 0.6 is 0 Å². The summed E-state index contributed by atoms with van der Waals surface area (Å²) in [5, 5.41) is 10.2. The second-order valence-corrected chi connectivity index (χ2v) is 5.22. The molecule has 3 rings (SSSR count). The zero-order valence-corrected chi connectivity index (χ0v) is 12.6. The highest BCUT2D eigenvalue weighted by molar-refractivity contribution is 5.81. The van der Waals surface area contributed by atoms with Gasteiger partial charge in [-0.05, 0) is 12.0 Å². The lowest BCUT2D eigenvalue weighted by Crippen LogP contribution is -2.22. The van der Waals surface area contributed by atoms with Gasteiger partial charge in [0.1, 0.15) is 6.33 Å². The molecular formula is C16H18N4O2. The van der Waals surface area contributed by atoms with Gasteiger partial charge in [0.25, 0.3) is 5.71 Å². The molecule has 0 fully saturated rings. The predicted octanol–water partition coefficient (Wildman–Crippen LogP) is 2.49. The van der Waals surface area contributed by atoms with E-state index in [0.717, 1.165) is 5.56 Å². The molecule has 0 amide bonds. The van der Waals surface area contributed by atoms with Crippen LogP contribution in [0.3, 0.4) is 0 Å². The lowest BCUT2D eigenvalue weighted by molar-refractivity contribution is 0.170. The molecule has 0 saturated heterocycles. The quantitative estimate of drug-likeness (QED) is 0.780. The molecular weight excluding hydrogens is 280 g/mol. The van der Waals surface area contributed by atoms with Crippen LogP contribution in [0.5, 0.6) is 0 Å². The number of hydrogen-bond acceptors (Lipinski definition) is 6. The van der Waals surface area contributed by atoms with Gasteiger partial charge >= 0.3 is 0 Å². The highest BCUT2D eigenvalue weighted by Gasteiger charge is 2.15. The van der Waals surface area contributed by atoms with E-state index >= 15 is 0 Å². The molecule has 0 bridgehead atoms. The normalized spacial score (nSPS) is 12.5. The lowest BCUT2D eigenvalue weighted by Gasteiger charge is -2.20. The Morgan fingerprint density at radius 1 is 1.23 bits per heavy atom. The third kappa shape index (κ3) is 2.92. The van der Waals surface area contributed by atoms with Crippen molar-refractivity contribution in [2.75, 3.05) is 18.5 Å². The van der Waals surface area contributed by atoms with E-state index in [0.29, 0.717) is 35.9 Å². The van der Waals surface area contributed by atoms with Crippen molar-refractivity contribution in [2.45, 2.75) is 19.4 Å². The van der Waals surface area contributed by atoms with Crippen LogP contribution in [-0.4, -0.2) is 33.7 Å². The monoisotopic (exact) mass is 298 g/mol. The Kier molecular flexibility index (Phi) is 4.02. The Morgan fingerprint density at radius 3 is 2.77 bits per heavy atom. The van der Waals surface area contributed by atoms with Crippen molar-refractivity contribution >= 4 is 17.0 Å². The number of hydrogen-bond donors (Lipinski definition) is 1. The van der Waals surface area contributed by atoms with E-state index in [1.165, 1.54) is 6.33 Å². The number of aryl methyl sites for hydroxylation is 1. The largest absolute Gasteiger partial charge is 0.422 e. The molecule has 0 saturated carbocycles. The summed E-state index contributed by atoms with van der Waals surface area (Å²) in [4.78, 5) is 14.6. The molecule has 0 radical (unpaired) electrons. The van der Waals surface area contributed by atoms with Crippen molar-refractivity contribution in [1.29, 1.82) is 0 Å². The first-order valence-electron chi connectivity index (χ1n) is 7.17. The van der Waals surface area contributed by atoms with E-state index in [9.17, 15) is 5.11 Å². The van der Waals surface area contributed by atoms with Gasteiger partial charge in [0.15, 0.2) is 17.2 Å². The van der Waals surface area contributed by atoms with Crippen LogP contribution in [0.2, 0.25) is 0 Å². The van der Waals surface area contributed by atoms with Gasteiger partial charge in [0, 0.05) is 20.5 Å². The maximum absolute atomic E-state index is 10.2. The number of nitrogens with zero attached hydrogens (tertiary/aromatic N) is 4. The molecule has 6 heteroatoms. The molecule has 6 nitrogen and oxygen atoms in total. The second kappa shape index (κ2) is 6.11. The molecule has 0 spiro atoms. The van der Waals surface area contributed by atoms with Crippen molar-refractivity contribution < 1.29 is 9.52 Å². The summed E-state index contributed by atoms with van der Waals surface area (Å²) < 4.78 is 5.42. The van der Waals surface area contributed by atoms with Crippen molar-refractivity contribution in [2.24, 2.45) is 0 Å². The molecule has 2 aromatic heterocycles. The molecule has 3 aromatic rings. The van der Waals surface area contributed by atoms with E-state index in [4.69, 9.17) is 4.42 Å². The number of aliphatic hydroxyl groups excluding tert-OH is 1. The zero-order valence-electron chi connectivity index (χ0n) is 12.6. The predicted molar refractivity (Wildman–Crippen MR) is 83.6 cm³/mol. The molecule has 2 heterocycles. The van der Waals surface area contributed by atoms with Crippen molar-refractivity contribution in [3.63, 3.8) is 0 Å². The molecule has 22 heavy (non-hydrogen) atoms. The van der Waals surface area contributed by atoms with Gasteiger partial charge in [-0.2, -0.15) is 4.98 Å². The van der Waals surface area contributed by atoms with Crippen LogP contribution in [0.1, 0.15) is 24.0 Å². The fourth-order valence-electron chi connectivity index (χ4n) is 2.39. The first kappa shape index (κ1) is 14.5. The van der Waals surface area contributed by atoms with E-state index < -0.39 is 6.10 Å². The number of rotatable bonds is 5. The molecule has 0 aliphatic carbocycles. The van der Waals surface area contributed by atoms with Crippen molar-refractivity contribution in [3.8, 4) is 0 Å². The maximum Gasteiger partial charge on any atom is 0.252 e. The van der Waals surface area contributed by atoms with Crippen molar-refractivity contribution in [3.05, 3.63) is 48.1 Å². The average molecular weight is 298 g/mol. The Bertz CT molecular complexity index is 757. The first-order chi connectivity index (χ1) is 10.6. The van der Waals surface area contributed by atoms with Gasteiger partial charge in [-0.3, -0.25) is 0 Å². The number of oxazole rings is 1. The minimum atomic E-state index is -0.500. The smallest absolute Gasteiger partial charge is 0.252 e. The van der Waals surface area contributed by atoms with Crippen LogP contribution in [0, 0.1) is 6.92 Å². The topological polar surface area (TPSA) is 75.3 Å². The fraction of sp³-hybridized carbons (Fsp3) is 0.312. The number of fused-ring (bicyclic) bond motifs is 1. The van der Waals surface area contributed by atoms with E-state index in [1.807, 2.05) is 42.3 Å². The van der Waals surface area contributed by atoms with Crippen LogP contribution in [0.25, 0.3) is 11.2 Å². The molecule has 1 atom stereocenters. The van der Waals surface area contributed by atoms with E-state index in [2.05, 4.69) is 15.0 Å². The Balaban J connectivity index is 1.72. The van der Waals surface area contributed by atoms with Crippen LogP contribution in [0.15, 0.2) is 41.1 Å². The summed E-state index contributed by atoms with van der Waals surface area (Å²) in [6.07, 6.45) is 1.56. The van der Waals surface area contributed by atoms with Gasteiger partial charge in [0.2, 0.25) is 0 Å². The Hall–Kier alpha value is -2.47. The number of benzene rings is 1. The number of aliphatic hydroxyl groups is 1. The number of aromatic nitrogens is 3. The van der Waals surface area contributed by atoms with Gasteiger partial charge in [-0.25, -0.2) is 9.97 Å². The van der Waals surface area contributed by atoms with Crippen LogP contribution in [0.4, 0.5) is 5.82 Å². The summed E-state index contributed by atoms with van der Waals surface area (Å²) in [5.41, 5.74) is 2.05. The summed E-state index contributed by atoms with van der Waals surface area (Å²) >= 11 is 0. The van der Waals surface area contributed by atoms with Crippen molar-refractivity contribution in [1.82, 2.24) is 15.0 Å². The second-order valence-electron chi connectivity index (χ2n) is 5.22. The van der Waals surface area contributed by atoms with Gasteiger partial charge in [-0.1, -0.05) is 30.3 Å². The summed E-state index contributed by atoms with van der Waals surface area (Å²) in [6, 6.07) is 9.64. The Morgan fingerprint density at radius 2 is 2.00 bits per heavy atom. The van der Waals surface area contributed by atoms with Gasteiger partial charge < -0.3 is 14.4 Å². The van der Waals surface area contributed by atoms with Gasteiger partial charge in [0.05, 0.1) is 6.10 Å². The van der Waals surface area contributed by atoms with E-state index in [-0.39, 0.29) is 0 Å². The summed E-state index contributed by atoms with van der Waals surface area (Å²) in [7, 11) is 1.92. The third-order valence-electron chi connectivity index (χ3n) is 3.57. The number of anilines is 1. The molecule has 1 N–H and O–H groups in total. The summed E-state index contributed by atoms with van der Waals surface area (Å²) in [6.45, 7) is 2.43. The molecule has 0 unspecified atom stereocenters. The maximum atomic E-state index is 10.2. The fourth-order valence-corrected chi connectivity index (χ4v) is 2.39. The van der Waals surface area contributed by atoms with Crippen LogP contribution < -0.4 is 4.90 Å². The lowest BCUT2D eigenvalue weighted by atomic mass is 10.1.